The average molecular weight is 388 g/mol. The van der Waals surface area contributed by atoms with Crippen molar-refractivity contribution in [2.75, 3.05) is 7.11 Å². The molecule has 27 heavy (non-hydrogen) atoms. The largest absolute Gasteiger partial charge is 0.497 e. The number of aryl methyl sites for hydroxylation is 1. The molecule has 0 aliphatic heterocycles. The van der Waals surface area contributed by atoms with E-state index in [4.69, 9.17) is 4.74 Å². The Bertz CT molecular complexity index is 860. The van der Waals surface area contributed by atoms with Gasteiger partial charge in [0.25, 0.3) is 5.56 Å². The van der Waals surface area contributed by atoms with Crippen molar-refractivity contribution in [3.05, 3.63) is 51.4 Å². The first-order chi connectivity index (χ1) is 13.0. The van der Waals surface area contributed by atoms with Crippen LogP contribution in [0, 0.1) is 6.92 Å². The molecule has 1 amide bonds. The van der Waals surface area contributed by atoms with E-state index in [2.05, 4.69) is 15.3 Å². The van der Waals surface area contributed by atoms with E-state index in [1.165, 1.54) is 11.8 Å². The maximum Gasteiger partial charge on any atom is 0.255 e. The second kappa shape index (κ2) is 9.08. The van der Waals surface area contributed by atoms with Crippen molar-refractivity contribution in [1.82, 2.24) is 15.3 Å². The standard InChI is InChI=1S/C20H25N3O3S/c1-13-17(11-18(24)22-15-7-3-4-8-15)19(25)23-20(21-13)27-12-14-6-5-9-16(10-14)26-2/h5-6,9-10,15H,3-4,7-8,11-12H2,1-2H3,(H,22,24)(H,21,23,25). The van der Waals surface area contributed by atoms with Crippen molar-refractivity contribution in [1.29, 1.82) is 0 Å². The second-order valence-corrected chi connectivity index (χ2v) is 7.76. The number of nitrogens with one attached hydrogen (secondary N) is 2. The molecule has 0 bridgehead atoms. The molecular formula is C20H25N3O3S. The summed E-state index contributed by atoms with van der Waals surface area (Å²) in [6.45, 7) is 1.78. The van der Waals surface area contributed by atoms with Gasteiger partial charge in [0.15, 0.2) is 5.16 Å². The number of nitrogens with zero attached hydrogens (tertiary/aromatic N) is 1. The van der Waals surface area contributed by atoms with E-state index in [9.17, 15) is 9.59 Å². The van der Waals surface area contributed by atoms with Crippen LogP contribution in [0.15, 0.2) is 34.2 Å². The lowest BCUT2D eigenvalue weighted by Gasteiger charge is -2.12. The molecule has 2 N–H and O–H groups in total. The van der Waals surface area contributed by atoms with E-state index < -0.39 is 0 Å². The SMILES string of the molecule is COc1cccc(CSc2nc(C)c(CC(=O)NC3CCCC3)c(=O)[nH]2)c1. The van der Waals surface area contributed by atoms with Crippen LogP contribution in [-0.4, -0.2) is 29.0 Å². The number of H-pyrrole nitrogens is 1. The van der Waals surface area contributed by atoms with Crippen LogP contribution in [0.25, 0.3) is 0 Å². The van der Waals surface area contributed by atoms with Crippen LogP contribution in [0.2, 0.25) is 0 Å². The summed E-state index contributed by atoms with van der Waals surface area (Å²) in [4.78, 5) is 31.9. The first-order valence-electron chi connectivity index (χ1n) is 9.20. The third-order valence-electron chi connectivity index (χ3n) is 4.77. The fraction of sp³-hybridized carbons (Fsp3) is 0.450. The Hall–Kier alpha value is -2.28. The van der Waals surface area contributed by atoms with Crippen LogP contribution >= 0.6 is 11.8 Å². The Morgan fingerprint density at radius 1 is 1.37 bits per heavy atom. The van der Waals surface area contributed by atoms with Gasteiger partial charge in [-0.1, -0.05) is 36.7 Å². The Labute approximate surface area is 163 Å². The minimum atomic E-state index is -0.239. The fourth-order valence-corrected chi connectivity index (χ4v) is 4.13. The molecule has 1 heterocycles. The molecule has 7 heteroatoms. The number of carbonyl (C=O) groups excluding carboxylic acids is 1. The lowest BCUT2D eigenvalue weighted by atomic mass is 10.1. The van der Waals surface area contributed by atoms with Gasteiger partial charge in [-0.3, -0.25) is 9.59 Å². The molecule has 1 aromatic heterocycles. The number of rotatable bonds is 7. The number of hydrogen-bond donors (Lipinski definition) is 2. The molecule has 6 nitrogen and oxygen atoms in total. The maximum absolute atomic E-state index is 12.4. The molecule has 2 aromatic rings. The molecule has 1 aliphatic carbocycles. The number of hydrogen-bond acceptors (Lipinski definition) is 5. The highest BCUT2D eigenvalue weighted by atomic mass is 32.2. The number of benzene rings is 1. The number of ether oxygens (including phenoxy) is 1. The third kappa shape index (κ3) is 5.35. The number of aromatic nitrogens is 2. The second-order valence-electron chi connectivity index (χ2n) is 6.80. The predicted molar refractivity (Wildman–Crippen MR) is 106 cm³/mol. The smallest absolute Gasteiger partial charge is 0.255 e. The van der Waals surface area contributed by atoms with E-state index in [1.807, 2.05) is 24.3 Å². The quantitative estimate of drug-likeness (QED) is 0.564. The molecule has 1 aliphatic rings. The number of methoxy groups -OCH3 is 1. The van der Waals surface area contributed by atoms with Crippen molar-refractivity contribution in [3.63, 3.8) is 0 Å². The van der Waals surface area contributed by atoms with E-state index in [0.29, 0.717) is 22.2 Å². The monoisotopic (exact) mass is 387 g/mol. The zero-order valence-electron chi connectivity index (χ0n) is 15.7. The van der Waals surface area contributed by atoms with Gasteiger partial charge in [-0.15, -0.1) is 0 Å². The van der Waals surface area contributed by atoms with E-state index >= 15 is 0 Å². The average Bonchev–Trinajstić information content (AvgIpc) is 3.16. The zero-order chi connectivity index (χ0) is 19.2. The van der Waals surface area contributed by atoms with Crippen molar-refractivity contribution >= 4 is 17.7 Å². The maximum atomic E-state index is 12.4. The number of aromatic amines is 1. The molecule has 0 atom stereocenters. The van der Waals surface area contributed by atoms with Gasteiger partial charge in [-0.2, -0.15) is 0 Å². The molecule has 1 aromatic carbocycles. The summed E-state index contributed by atoms with van der Waals surface area (Å²) in [6.07, 6.45) is 4.44. The van der Waals surface area contributed by atoms with Gasteiger partial charge < -0.3 is 15.0 Å². The fourth-order valence-electron chi connectivity index (χ4n) is 3.28. The molecule has 0 unspecified atom stereocenters. The van der Waals surface area contributed by atoms with E-state index in [0.717, 1.165) is 37.0 Å². The summed E-state index contributed by atoms with van der Waals surface area (Å²) in [7, 11) is 1.64. The summed E-state index contributed by atoms with van der Waals surface area (Å²) >= 11 is 1.45. The normalized spacial score (nSPS) is 14.3. The molecule has 0 saturated heterocycles. The molecular weight excluding hydrogens is 362 g/mol. The minimum Gasteiger partial charge on any atom is -0.497 e. The van der Waals surface area contributed by atoms with Gasteiger partial charge in [0.1, 0.15) is 5.75 Å². The lowest BCUT2D eigenvalue weighted by Crippen LogP contribution is -2.35. The van der Waals surface area contributed by atoms with Gasteiger partial charge in [0.2, 0.25) is 5.91 Å². The van der Waals surface area contributed by atoms with Crippen LogP contribution in [-0.2, 0) is 17.0 Å². The molecule has 0 spiro atoms. The van der Waals surface area contributed by atoms with Gasteiger partial charge >= 0.3 is 0 Å². The van der Waals surface area contributed by atoms with Crippen LogP contribution in [0.3, 0.4) is 0 Å². The molecule has 3 rings (SSSR count). The Morgan fingerprint density at radius 2 is 2.15 bits per heavy atom. The first kappa shape index (κ1) is 19.5. The summed E-state index contributed by atoms with van der Waals surface area (Å²) in [6, 6.07) is 8.04. The predicted octanol–water partition coefficient (Wildman–Crippen LogP) is 2.98. The van der Waals surface area contributed by atoms with E-state index in [-0.39, 0.29) is 23.9 Å². The molecule has 0 radical (unpaired) electrons. The van der Waals surface area contributed by atoms with Gasteiger partial charge in [0.05, 0.1) is 13.5 Å². The van der Waals surface area contributed by atoms with Gasteiger partial charge in [0, 0.05) is 23.1 Å². The van der Waals surface area contributed by atoms with Crippen molar-refractivity contribution < 1.29 is 9.53 Å². The minimum absolute atomic E-state index is 0.0749. The topological polar surface area (TPSA) is 84.1 Å². The molecule has 144 valence electrons. The molecule has 1 fully saturated rings. The van der Waals surface area contributed by atoms with Gasteiger partial charge in [-0.25, -0.2) is 4.98 Å². The van der Waals surface area contributed by atoms with Crippen LogP contribution in [0.4, 0.5) is 0 Å². The van der Waals surface area contributed by atoms with Crippen molar-refractivity contribution in [2.24, 2.45) is 0 Å². The molecule has 1 saturated carbocycles. The summed E-state index contributed by atoms with van der Waals surface area (Å²) in [5, 5.41) is 3.57. The van der Waals surface area contributed by atoms with Crippen molar-refractivity contribution in [2.45, 2.75) is 56.0 Å². The van der Waals surface area contributed by atoms with Gasteiger partial charge in [-0.05, 0) is 37.5 Å². The Balaban J connectivity index is 1.63. The lowest BCUT2D eigenvalue weighted by molar-refractivity contribution is -0.121. The third-order valence-corrected chi connectivity index (χ3v) is 5.71. The summed E-state index contributed by atoms with van der Waals surface area (Å²) in [5.41, 5.74) is 1.89. The van der Waals surface area contributed by atoms with E-state index in [1.54, 1.807) is 14.0 Å². The number of amides is 1. The zero-order valence-corrected chi connectivity index (χ0v) is 16.5. The van der Waals surface area contributed by atoms with Crippen LogP contribution < -0.4 is 15.6 Å². The number of thioether (sulfide) groups is 1. The highest BCUT2D eigenvalue weighted by Crippen LogP contribution is 2.22. The van der Waals surface area contributed by atoms with Crippen LogP contribution in [0.1, 0.15) is 42.5 Å². The first-order valence-corrected chi connectivity index (χ1v) is 10.2. The highest BCUT2D eigenvalue weighted by Gasteiger charge is 2.19. The Morgan fingerprint density at radius 3 is 2.85 bits per heavy atom. The Kier molecular flexibility index (Phi) is 6.55. The van der Waals surface area contributed by atoms with Crippen LogP contribution in [0.5, 0.6) is 5.75 Å². The number of carbonyl (C=O) groups is 1. The van der Waals surface area contributed by atoms with Crippen molar-refractivity contribution in [3.8, 4) is 5.75 Å². The highest BCUT2D eigenvalue weighted by molar-refractivity contribution is 7.98. The summed E-state index contributed by atoms with van der Waals surface area (Å²) < 4.78 is 5.22. The summed E-state index contributed by atoms with van der Waals surface area (Å²) in [5.74, 6) is 1.37.